The fraction of sp³-hybridized carbons (Fsp3) is 0.412. The van der Waals surface area contributed by atoms with Gasteiger partial charge in [0.2, 0.25) is 0 Å². The third-order valence-corrected chi connectivity index (χ3v) is 4.64. The third kappa shape index (κ3) is 2.89. The molecule has 2 aromatic rings. The van der Waals surface area contributed by atoms with Crippen molar-refractivity contribution in [1.82, 2.24) is 9.47 Å². The van der Waals surface area contributed by atoms with E-state index in [1.54, 1.807) is 12.1 Å². The third-order valence-electron chi connectivity index (χ3n) is 4.64. The van der Waals surface area contributed by atoms with E-state index < -0.39 is 16.8 Å². The van der Waals surface area contributed by atoms with Crippen LogP contribution in [0.2, 0.25) is 0 Å². The van der Waals surface area contributed by atoms with Crippen LogP contribution in [0.4, 0.5) is 5.69 Å². The molecule has 1 aromatic heterocycles. The van der Waals surface area contributed by atoms with Crippen molar-refractivity contribution >= 4 is 28.5 Å². The molecule has 0 aliphatic carbocycles. The smallest absolute Gasteiger partial charge is 0.395 e. The SMILES string of the molecule is CCCCN1CCc2c(n(C(=O)C(=O)O)c3c([N+](=O)[O-])cccc23)C1. The number of hydrogen-bond donors (Lipinski definition) is 1. The van der Waals surface area contributed by atoms with Crippen molar-refractivity contribution in [3.05, 3.63) is 39.6 Å². The Morgan fingerprint density at radius 2 is 2.12 bits per heavy atom. The number of para-hydroxylation sites is 1. The zero-order valence-electron chi connectivity index (χ0n) is 13.9. The zero-order valence-corrected chi connectivity index (χ0v) is 13.9. The van der Waals surface area contributed by atoms with Gasteiger partial charge in [-0.2, -0.15) is 0 Å². The second-order valence-corrected chi connectivity index (χ2v) is 6.18. The summed E-state index contributed by atoms with van der Waals surface area (Å²) in [5.41, 5.74) is 1.23. The van der Waals surface area contributed by atoms with Crippen molar-refractivity contribution < 1.29 is 19.6 Å². The Hall–Kier alpha value is -2.74. The number of carbonyl (C=O) groups is 2. The maximum absolute atomic E-state index is 12.3. The van der Waals surface area contributed by atoms with E-state index in [1.165, 1.54) is 6.07 Å². The van der Waals surface area contributed by atoms with E-state index >= 15 is 0 Å². The molecule has 132 valence electrons. The molecule has 1 aliphatic heterocycles. The van der Waals surface area contributed by atoms with Gasteiger partial charge < -0.3 is 5.11 Å². The molecule has 0 bridgehead atoms. The summed E-state index contributed by atoms with van der Waals surface area (Å²) >= 11 is 0. The van der Waals surface area contributed by atoms with Gasteiger partial charge >= 0.3 is 11.9 Å². The maximum Gasteiger partial charge on any atom is 0.395 e. The lowest BCUT2D eigenvalue weighted by atomic mass is 10.0. The molecule has 0 radical (unpaired) electrons. The summed E-state index contributed by atoms with van der Waals surface area (Å²) in [4.78, 5) is 36.6. The lowest BCUT2D eigenvalue weighted by molar-refractivity contribution is -0.383. The van der Waals surface area contributed by atoms with Crippen LogP contribution in [0, 0.1) is 10.1 Å². The second-order valence-electron chi connectivity index (χ2n) is 6.18. The van der Waals surface area contributed by atoms with Crippen molar-refractivity contribution in [1.29, 1.82) is 0 Å². The maximum atomic E-state index is 12.3. The summed E-state index contributed by atoms with van der Waals surface area (Å²) in [6.45, 7) is 4.14. The number of aromatic nitrogens is 1. The number of hydrogen-bond acceptors (Lipinski definition) is 5. The average Bonchev–Trinajstić information content (AvgIpc) is 2.92. The van der Waals surface area contributed by atoms with Crippen LogP contribution in [0.5, 0.6) is 0 Å². The molecule has 0 amide bonds. The number of aliphatic carboxylic acids is 1. The summed E-state index contributed by atoms with van der Waals surface area (Å²) < 4.78 is 1.03. The van der Waals surface area contributed by atoms with Crippen LogP contribution in [0.1, 0.15) is 35.8 Å². The fourth-order valence-corrected chi connectivity index (χ4v) is 3.48. The number of carboxylic acids is 1. The number of fused-ring (bicyclic) bond motifs is 3. The predicted molar refractivity (Wildman–Crippen MR) is 90.7 cm³/mol. The molecule has 0 unspecified atom stereocenters. The van der Waals surface area contributed by atoms with Crippen LogP contribution in [0.15, 0.2) is 18.2 Å². The van der Waals surface area contributed by atoms with Crippen LogP contribution in [-0.2, 0) is 17.8 Å². The van der Waals surface area contributed by atoms with E-state index in [1.807, 2.05) is 0 Å². The van der Waals surface area contributed by atoms with Crippen LogP contribution in [-0.4, -0.2) is 44.5 Å². The van der Waals surface area contributed by atoms with E-state index in [2.05, 4.69) is 11.8 Å². The first-order chi connectivity index (χ1) is 12.0. The molecule has 8 nitrogen and oxygen atoms in total. The van der Waals surface area contributed by atoms with Crippen molar-refractivity contribution in [2.45, 2.75) is 32.7 Å². The standard InChI is InChI=1S/C17H19N3O5/c1-2-3-8-18-9-7-11-12-5-4-6-13(20(24)25)15(12)19(14(11)10-18)16(21)17(22)23/h4-6H,2-3,7-10H2,1H3,(H,22,23). The van der Waals surface area contributed by atoms with Gasteiger partial charge in [-0.15, -0.1) is 0 Å². The monoisotopic (exact) mass is 345 g/mol. The molecule has 0 fully saturated rings. The first-order valence-corrected chi connectivity index (χ1v) is 8.25. The Morgan fingerprint density at radius 3 is 2.76 bits per heavy atom. The number of rotatable bonds is 4. The Morgan fingerprint density at radius 1 is 1.36 bits per heavy atom. The highest BCUT2D eigenvalue weighted by atomic mass is 16.6. The Bertz CT molecular complexity index is 871. The highest BCUT2D eigenvalue weighted by Gasteiger charge is 2.32. The second kappa shape index (κ2) is 6.64. The molecule has 0 atom stereocenters. The van der Waals surface area contributed by atoms with Gasteiger partial charge in [-0.3, -0.25) is 24.4 Å². The molecule has 1 N–H and O–H groups in total. The number of benzene rings is 1. The van der Waals surface area contributed by atoms with Gasteiger partial charge in [0.05, 0.1) is 4.92 Å². The minimum absolute atomic E-state index is 0.0854. The zero-order chi connectivity index (χ0) is 18.1. The normalized spacial score (nSPS) is 14.4. The fourth-order valence-electron chi connectivity index (χ4n) is 3.48. The van der Waals surface area contributed by atoms with Gasteiger partial charge in [0.1, 0.15) is 5.52 Å². The lowest BCUT2D eigenvalue weighted by Crippen LogP contribution is -2.34. The minimum Gasteiger partial charge on any atom is -0.474 e. The highest BCUT2D eigenvalue weighted by Crippen LogP contribution is 2.35. The van der Waals surface area contributed by atoms with E-state index in [0.717, 1.165) is 36.1 Å². The largest absolute Gasteiger partial charge is 0.474 e. The van der Waals surface area contributed by atoms with Crippen molar-refractivity contribution in [3.8, 4) is 0 Å². The molecule has 8 heteroatoms. The van der Waals surface area contributed by atoms with Crippen LogP contribution >= 0.6 is 0 Å². The van der Waals surface area contributed by atoms with Gasteiger partial charge in [0.25, 0.3) is 5.69 Å². The molecular weight excluding hydrogens is 326 g/mol. The van der Waals surface area contributed by atoms with Gasteiger partial charge in [0, 0.05) is 30.2 Å². The van der Waals surface area contributed by atoms with Crippen molar-refractivity contribution in [2.24, 2.45) is 0 Å². The molecule has 1 aliphatic rings. The molecule has 0 spiro atoms. The van der Waals surface area contributed by atoms with E-state index in [-0.39, 0.29) is 11.2 Å². The number of nitro benzene ring substituents is 1. The summed E-state index contributed by atoms with van der Waals surface area (Å²) in [5.74, 6) is -2.78. The number of unbranched alkanes of at least 4 members (excludes halogenated alkanes) is 1. The Labute approximate surface area is 143 Å². The molecule has 0 saturated heterocycles. The topological polar surface area (TPSA) is 106 Å². The molecule has 3 rings (SSSR count). The van der Waals surface area contributed by atoms with Crippen LogP contribution in [0.25, 0.3) is 10.9 Å². The molecule has 25 heavy (non-hydrogen) atoms. The van der Waals surface area contributed by atoms with Gasteiger partial charge in [-0.25, -0.2) is 4.79 Å². The van der Waals surface area contributed by atoms with E-state index in [9.17, 15) is 24.8 Å². The molecule has 2 heterocycles. The number of carbonyl (C=O) groups excluding carboxylic acids is 1. The lowest BCUT2D eigenvalue weighted by Gasteiger charge is -2.27. The number of carboxylic acid groups (broad SMARTS) is 1. The first-order valence-electron chi connectivity index (χ1n) is 8.25. The highest BCUT2D eigenvalue weighted by molar-refractivity contribution is 6.34. The first kappa shape index (κ1) is 17.1. The molecule has 1 aromatic carbocycles. The van der Waals surface area contributed by atoms with Gasteiger partial charge in [0.15, 0.2) is 0 Å². The van der Waals surface area contributed by atoms with Crippen molar-refractivity contribution in [2.75, 3.05) is 13.1 Å². The summed E-state index contributed by atoms with van der Waals surface area (Å²) in [5, 5.41) is 21.2. The van der Waals surface area contributed by atoms with Crippen molar-refractivity contribution in [3.63, 3.8) is 0 Å². The molecular formula is C17H19N3O5. The van der Waals surface area contributed by atoms with Gasteiger partial charge in [-0.05, 0) is 24.9 Å². The average molecular weight is 345 g/mol. The number of nitrogens with zero attached hydrogens (tertiary/aromatic N) is 3. The predicted octanol–water partition coefficient (Wildman–Crippen LogP) is 2.43. The Balaban J connectivity index is 2.23. The van der Waals surface area contributed by atoms with Crippen LogP contribution < -0.4 is 0 Å². The quantitative estimate of drug-likeness (QED) is 0.518. The number of non-ortho nitro benzene ring substituents is 1. The van der Waals surface area contributed by atoms with E-state index in [4.69, 9.17) is 0 Å². The Kier molecular flexibility index (Phi) is 4.54. The van der Waals surface area contributed by atoms with Gasteiger partial charge in [-0.1, -0.05) is 25.5 Å². The summed E-state index contributed by atoms with van der Waals surface area (Å²) in [6.07, 6.45) is 2.67. The van der Waals surface area contributed by atoms with Crippen LogP contribution in [0.3, 0.4) is 0 Å². The molecule has 0 saturated carbocycles. The minimum atomic E-state index is -1.62. The summed E-state index contributed by atoms with van der Waals surface area (Å²) in [7, 11) is 0. The van der Waals surface area contributed by atoms with E-state index in [0.29, 0.717) is 24.0 Å². The summed E-state index contributed by atoms with van der Waals surface area (Å²) in [6, 6.07) is 4.59. The number of nitro groups is 1.